The van der Waals surface area contributed by atoms with Crippen molar-refractivity contribution in [2.45, 2.75) is 12.5 Å². The predicted molar refractivity (Wildman–Crippen MR) is 76.9 cm³/mol. The SMILES string of the molecule is COc1cc(CC(O)c2cc3sccc3s2)ncn1. The zero-order valence-electron chi connectivity index (χ0n) is 10.2. The van der Waals surface area contributed by atoms with Gasteiger partial charge in [0.15, 0.2) is 0 Å². The molecular weight excluding hydrogens is 280 g/mol. The van der Waals surface area contributed by atoms with Crippen molar-refractivity contribution in [3.8, 4) is 5.88 Å². The van der Waals surface area contributed by atoms with E-state index in [9.17, 15) is 5.11 Å². The average Bonchev–Trinajstić information content (AvgIpc) is 2.99. The van der Waals surface area contributed by atoms with Gasteiger partial charge in [-0.2, -0.15) is 0 Å². The van der Waals surface area contributed by atoms with Crippen LogP contribution in [0.2, 0.25) is 0 Å². The van der Waals surface area contributed by atoms with Crippen molar-refractivity contribution >= 4 is 32.1 Å². The van der Waals surface area contributed by atoms with Crippen LogP contribution in [0.1, 0.15) is 16.7 Å². The second-order valence-electron chi connectivity index (χ2n) is 4.07. The largest absolute Gasteiger partial charge is 0.481 e. The lowest BCUT2D eigenvalue weighted by molar-refractivity contribution is 0.181. The minimum Gasteiger partial charge on any atom is -0.481 e. The van der Waals surface area contributed by atoms with Gasteiger partial charge in [-0.25, -0.2) is 9.97 Å². The molecule has 0 saturated carbocycles. The predicted octanol–water partition coefficient (Wildman–Crippen LogP) is 3.04. The summed E-state index contributed by atoms with van der Waals surface area (Å²) in [5, 5.41) is 12.3. The van der Waals surface area contributed by atoms with E-state index in [0.717, 1.165) is 10.6 Å². The van der Waals surface area contributed by atoms with Crippen LogP contribution < -0.4 is 4.74 Å². The summed E-state index contributed by atoms with van der Waals surface area (Å²) >= 11 is 3.32. The highest BCUT2D eigenvalue weighted by Gasteiger charge is 2.14. The quantitative estimate of drug-likeness (QED) is 0.803. The summed E-state index contributed by atoms with van der Waals surface area (Å²) in [7, 11) is 1.57. The van der Waals surface area contributed by atoms with Crippen molar-refractivity contribution in [3.05, 3.63) is 40.5 Å². The molecular formula is C13H12N2O2S2. The molecule has 4 nitrogen and oxygen atoms in total. The zero-order chi connectivity index (χ0) is 13.2. The summed E-state index contributed by atoms with van der Waals surface area (Å²) < 4.78 is 7.49. The molecule has 0 amide bonds. The molecule has 3 aromatic rings. The van der Waals surface area contributed by atoms with Gasteiger partial charge in [-0.15, -0.1) is 22.7 Å². The van der Waals surface area contributed by atoms with Crippen LogP contribution in [-0.4, -0.2) is 22.2 Å². The third kappa shape index (κ3) is 2.60. The van der Waals surface area contributed by atoms with Crippen LogP contribution in [0.3, 0.4) is 0 Å². The number of aliphatic hydroxyl groups excluding tert-OH is 1. The highest BCUT2D eigenvalue weighted by Crippen LogP contribution is 2.34. The molecule has 0 saturated heterocycles. The first-order valence-corrected chi connectivity index (χ1v) is 7.46. The number of nitrogens with zero attached hydrogens (tertiary/aromatic N) is 2. The summed E-state index contributed by atoms with van der Waals surface area (Å²) in [6.07, 6.45) is 1.38. The van der Waals surface area contributed by atoms with E-state index in [4.69, 9.17) is 4.74 Å². The van der Waals surface area contributed by atoms with Crippen LogP contribution in [-0.2, 0) is 6.42 Å². The number of rotatable bonds is 4. The van der Waals surface area contributed by atoms with Gasteiger partial charge in [0, 0.05) is 26.8 Å². The number of hydrogen-bond donors (Lipinski definition) is 1. The van der Waals surface area contributed by atoms with Crippen LogP contribution in [0.25, 0.3) is 9.40 Å². The summed E-state index contributed by atoms with van der Waals surface area (Å²) in [4.78, 5) is 9.08. The molecule has 0 spiro atoms. The Morgan fingerprint density at radius 1 is 1.32 bits per heavy atom. The molecule has 0 aliphatic carbocycles. The number of thiophene rings is 2. The highest BCUT2D eigenvalue weighted by molar-refractivity contribution is 7.26. The third-order valence-electron chi connectivity index (χ3n) is 2.80. The van der Waals surface area contributed by atoms with Crippen LogP contribution in [0.15, 0.2) is 29.9 Å². The Hall–Kier alpha value is -1.50. The van der Waals surface area contributed by atoms with Gasteiger partial charge in [0.25, 0.3) is 0 Å². The first kappa shape index (κ1) is 12.5. The average molecular weight is 292 g/mol. The minimum atomic E-state index is -0.538. The van der Waals surface area contributed by atoms with Crippen molar-refractivity contribution in [3.63, 3.8) is 0 Å². The van der Waals surface area contributed by atoms with E-state index < -0.39 is 6.10 Å². The fourth-order valence-electron chi connectivity index (χ4n) is 1.85. The number of aromatic nitrogens is 2. The first-order chi connectivity index (χ1) is 9.26. The number of ether oxygens (including phenoxy) is 1. The fraction of sp³-hybridized carbons (Fsp3) is 0.231. The second-order valence-corrected chi connectivity index (χ2v) is 6.13. The Balaban J connectivity index is 1.80. The van der Waals surface area contributed by atoms with Crippen LogP contribution in [0, 0.1) is 0 Å². The van der Waals surface area contributed by atoms with Gasteiger partial charge < -0.3 is 9.84 Å². The summed E-state index contributed by atoms with van der Waals surface area (Å²) in [6, 6.07) is 5.88. The van der Waals surface area contributed by atoms with Gasteiger partial charge in [0.2, 0.25) is 5.88 Å². The van der Waals surface area contributed by atoms with Gasteiger partial charge >= 0.3 is 0 Å². The lowest BCUT2D eigenvalue weighted by Crippen LogP contribution is -2.02. The maximum atomic E-state index is 10.3. The lowest BCUT2D eigenvalue weighted by atomic mass is 10.1. The molecule has 3 rings (SSSR count). The molecule has 1 unspecified atom stereocenters. The number of fused-ring (bicyclic) bond motifs is 1. The molecule has 3 aromatic heterocycles. The maximum absolute atomic E-state index is 10.3. The van der Waals surface area contributed by atoms with E-state index in [2.05, 4.69) is 21.4 Å². The normalized spacial score (nSPS) is 12.7. The van der Waals surface area contributed by atoms with E-state index in [1.54, 1.807) is 35.8 Å². The van der Waals surface area contributed by atoms with Crippen LogP contribution >= 0.6 is 22.7 Å². The van der Waals surface area contributed by atoms with Gasteiger partial charge in [-0.1, -0.05) is 0 Å². The van der Waals surface area contributed by atoms with E-state index in [-0.39, 0.29) is 0 Å². The van der Waals surface area contributed by atoms with E-state index in [0.29, 0.717) is 12.3 Å². The molecule has 0 bridgehead atoms. The molecule has 0 aromatic carbocycles. The highest BCUT2D eigenvalue weighted by atomic mass is 32.1. The Morgan fingerprint density at radius 3 is 3.00 bits per heavy atom. The number of methoxy groups -OCH3 is 1. The molecule has 98 valence electrons. The third-order valence-corrected chi connectivity index (χ3v) is 4.99. The monoisotopic (exact) mass is 292 g/mol. The van der Waals surface area contributed by atoms with Gasteiger partial charge in [0.05, 0.1) is 18.9 Å². The summed E-state index contributed by atoms with van der Waals surface area (Å²) in [5.74, 6) is 0.518. The van der Waals surface area contributed by atoms with Crippen molar-refractivity contribution in [1.29, 1.82) is 0 Å². The summed E-state index contributed by atoms with van der Waals surface area (Å²) in [5.41, 5.74) is 0.774. The number of aliphatic hydroxyl groups is 1. The molecule has 0 radical (unpaired) electrons. The molecule has 3 heterocycles. The summed E-state index contributed by atoms with van der Waals surface area (Å²) in [6.45, 7) is 0. The Kier molecular flexibility index (Phi) is 3.46. The molecule has 19 heavy (non-hydrogen) atoms. The van der Waals surface area contributed by atoms with Crippen LogP contribution in [0.5, 0.6) is 5.88 Å². The van der Waals surface area contributed by atoms with Crippen molar-refractivity contribution < 1.29 is 9.84 Å². The Morgan fingerprint density at radius 2 is 2.21 bits per heavy atom. The van der Waals surface area contributed by atoms with Crippen LogP contribution in [0.4, 0.5) is 0 Å². The van der Waals surface area contributed by atoms with Crippen molar-refractivity contribution in [2.24, 2.45) is 0 Å². The molecule has 0 fully saturated rings. The number of hydrogen-bond acceptors (Lipinski definition) is 6. The first-order valence-electron chi connectivity index (χ1n) is 5.76. The van der Waals surface area contributed by atoms with Gasteiger partial charge in [-0.05, 0) is 17.5 Å². The second kappa shape index (κ2) is 5.24. The maximum Gasteiger partial charge on any atom is 0.216 e. The standard InChI is InChI=1S/C13H12N2O2S2/c1-17-13-5-8(14-7-15-13)4-9(16)11-6-12-10(19-11)2-3-18-12/h2-3,5-7,9,16H,4H2,1H3. The fourth-order valence-corrected chi connectivity index (χ4v) is 3.95. The smallest absolute Gasteiger partial charge is 0.216 e. The molecule has 0 aliphatic rings. The minimum absolute atomic E-state index is 0.465. The van der Waals surface area contributed by atoms with E-state index in [1.807, 2.05) is 6.07 Å². The van der Waals surface area contributed by atoms with E-state index in [1.165, 1.54) is 15.7 Å². The molecule has 1 atom stereocenters. The van der Waals surface area contributed by atoms with E-state index >= 15 is 0 Å². The van der Waals surface area contributed by atoms with Gasteiger partial charge in [0.1, 0.15) is 6.33 Å². The molecule has 0 aliphatic heterocycles. The zero-order valence-corrected chi connectivity index (χ0v) is 11.9. The van der Waals surface area contributed by atoms with Crippen molar-refractivity contribution in [2.75, 3.05) is 7.11 Å². The Bertz CT molecular complexity index is 664. The molecule has 6 heteroatoms. The van der Waals surface area contributed by atoms with Gasteiger partial charge in [-0.3, -0.25) is 0 Å². The Labute approximate surface area is 118 Å². The molecule has 1 N–H and O–H groups in total. The van der Waals surface area contributed by atoms with Crippen molar-refractivity contribution in [1.82, 2.24) is 9.97 Å². The lowest BCUT2D eigenvalue weighted by Gasteiger charge is -2.08. The topological polar surface area (TPSA) is 55.2 Å².